The molecule has 1 heterocycles. The topological polar surface area (TPSA) is 92.3 Å². The first kappa shape index (κ1) is 20.1. The third-order valence-corrected chi connectivity index (χ3v) is 6.33. The fraction of sp³-hybridized carbons (Fsp3) is 0.357. The average Bonchev–Trinajstić information content (AvgIpc) is 2.89. The molecule has 2 aromatic rings. The Morgan fingerprint density at radius 1 is 1.40 bits per heavy atom. The number of thioether (sulfide) groups is 1. The average molecular weight is 465 g/mol. The first-order valence-corrected chi connectivity index (χ1v) is 11.5. The van der Waals surface area contributed by atoms with Crippen molar-refractivity contribution < 1.29 is 13.2 Å². The van der Waals surface area contributed by atoms with Crippen LogP contribution in [0.15, 0.2) is 33.1 Å². The van der Waals surface area contributed by atoms with Gasteiger partial charge in [-0.3, -0.25) is 14.4 Å². The molecule has 0 aliphatic rings. The van der Waals surface area contributed by atoms with Gasteiger partial charge < -0.3 is 0 Å². The van der Waals surface area contributed by atoms with Crippen molar-refractivity contribution in [2.75, 3.05) is 22.4 Å². The van der Waals surface area contributed by atoms with E-state index in [2.05, 4.69) is 31.4 Å². The second-order valence-electron chi connectivity index (χ2n) is 5.34. The molecule has 0 aliphatic carbocycles. The number of carbonyl (C=O) groups is 1. The van der Waals surface area contributed by atoms with Crippen LogP contribution in [0.25, 0.3) is 0 Å². The summed E-state index contributed by atoms with van der Waals surface area (Å²) in [6, 6.07) is 6.74. The molecule has 0 unspecified atom stereocenters. The van der Waals surface area contributed by atoms with Crippen LogP contribution in [-0.2, 0) is 14.8 Å². The maximum Gasteiger partial charge on any atom is 0.246 e. The van der Waals surface area contributed by atoms with Crippen LogP contribution in [-0.4, -0.2) is 42.6 Å². The van der Waals surface area contributed by atoms with Crippen molar-refractivity contribution in [2.45, 2.75) is 23.4 Å². The zero-order valence-corrected chi connectivity index (χ0v) is 17.8. The van der Waals surface area contributed by atoms with Gasteiger partial charge in [0.2, 0.25) is 21.1 Å². The summed E-state index contributed by atoms with van der Waals surface area (Å²) in [4.78, 5) is 12.3. The lowest BCUT2D eigenvalue weighted by Crippen LogP contribution is -2.37. The number of aromatic nitrogens is 2. The summed E-state index contributed by atoms with van der Waals surface area (Å²) in [7, 11) is -3.62. The molecule has 0 saturated carbocycles. The number of nitrogens with zero attached hydrogens (tertiary/aromatic N) is 3. The monoisotopic (exact) mass is 464 g/mol. The predicted octanol–water partition coefficient (Wildman–Crippen LogP) is 3.21. The van der Waals surface area contributed by atoms with Gasteiger partial charge in [-0.15, -0.1) is 10.2 Å². The number of benzene rings is 1. The molecule has 0 bridgehead atoms. The number of halogens is 1. The standard InChI is InChI=1S/C14H17BrN4O3S3/c1-9(2)23-14-18-17-13(24-14)16-12(20)8-19(25(3,21)22)11-6-4-5-10(15)7-11/h4-7,9H,8H2,1-3H3,(H,16,17,20). The van der Waals surface area contributed by atoms with E-state index in [-0.39, 0.29) is 6.54 Å². The van der Waals surface area contributed by atoms with E-state index in [4.69, 9.17) is 0 Å². The molecule has 0 atom stereocenters. The van der Waals surface area contributed by atoms with Crippen molar-refractivity contribution >= 4 is 65.8 Å². The van der Waals surface area contributed by atoms with E-state index in [0.717, 1.165) is 19.4 Å². The van der Waals surface area contributed by atoms with Gasteiger partial charge in [-0.1, -0.05) is 58.9 Å². The van der Waals surface area contributed by atoms with Gasteiger partial charge in [0, 0.05) is 9.72 Å². The summed E-state index contributed by atoms with van der Waals surface area (Å²) in [6.45, 7) is 3.72. The molecule has 1 amide bonds. The molecule has 0 aliphatic heterocycles. The number of rotatable bonds is 7. The second-order valence-corrected chi connectivity index (χ2v) is 11.0. The highest BCUT2D eigenvalue weighted by atomic mass is 79.9. The number of hydrogen-bond donors (Lipinski definition) is 1. The fourth-order valence-electron chi connectivity index (χ4n) is 1.83. The molecular formula is C14H17BrN4O3S3. The van der Waals surface area contributed by atoms with Crippen LogP contribution in [0.4, 0.5) is 10.8 Å². The molecule has 2 rings (SSSR count). The van der Waals surface area contributed by atoms with Gasteiger partial charge >= 0.3 is 0 Å². The summed E-state index contributed by atoms with van der Waals surface area (Å²) in [5.74, 6) is -0.484. The van der Waals surface area contributed by atoms with E-state index < -0.39 is 15.9 Å². The van der Waals surface area contributed by atoms with Crippen LogP contribution in [0.5, 0.6) is 0 Å². The maximum atomic E-state index is 12.3. The number of nitrogens with one attached hydrogen (secondary N) is 1. The Labute approximate surface area is 163 Å². The van der Waals surface area contributed by atoms with E-state index in [1.54, 1.807) is 36.0 Å². The summed E-state index contributed by atoms with van der Waals surface area (Å²) in [6.07, 6.45) is 1.06. The highest BCUT2D eigenvalue weighted by Crippen LogP contribution is 2.28. The number of anilines is 2. The second kappa shape index (κ2) is 8.47. The number of hydrogen-bond acceptors (Lipinski definition) is 7. The van der Waals surface area contributed by atoms with Crippen LogP contribution in [0.1, 0.15) is 13.8 Å². The minimum Gasteiger partial charge on any atom is -0.299 e. The molecule has 7 nitrogen and oxygen atoms in total. The Kier molecular flexibility index (Phi) is 6.83. The van der Waals surface area contributed by atoms with Gasteiger partial charge in [0.1, 0.15) is 6.54 Å². The van der Waals surface area contributed by atoms with Crippen molar-refractivity contribution in [3.05, 3.63) is 28.7 Å². The normalized spacial score (nSPS) is 11.6. The molecule has 1 aromatic heterocycles. The largest absolute Gasteiger partial charge is 0.299 e. The molecule has 0 spiro atoms. The molecule has 136 valence electrons. The minimum absolute atomic E-state index is 0.343. The van der Waals surface area contributed by atoms with Crippen LogP contribution in [0.2, 0.25) is 0 Å². The lowest BCUT2D eigenvalue weighted by molar-refractivity contribution is -0.114. The maximum absolute atomic E-state index is 12.3. The van der Waals surface area contributed by atoms with Crippen LogP contribution < -0.4 is 9.62 Å². The molecule has 1 N–H and O–H groups in total. The number of amides is 1. The zero-order valence-electron chi connectivity index (χ0n) is 13.8. The summed E-state index contributed by atoms with van der Waals surface area (Å²) < 4.78 is 26.6. The van der Waals surface area contributed by atoms with Crippen molar-refractivity contribution in [1.29, 1.82) is 0 Å². The lowest BCUT2D eigenvalue weighted by Gasteiger charge is -2.21. The molecule has 0 saturated heterocycles. The molecule has 0 radical (unpaired) electrons. The van der Waals surface area contributed by atoms with Crippen molar-refractivity contribution in [1.82, 2.24) is 10.2 Å². The number of carbonyl (C=O) groups excluding carboxylic acids is 1. The highest BCUT2D eigenvalue weighted by Gasteiger charge is 2.22. The van der Waals surface area contributed by atoms with E-state index >= 15 is 0 Å². The Balaban J connectivity index is 2.11. The van der Waals surface area contributed by atoms with Crippen LogP contribution in [0.3, 0.4) is 0 Å². The van der Waals surface area contributed by atoms with Crippen molar-refractivity contribution in [3.63, 3.8) is 0 Å². The van der Waals surface area contributed by atoms with Crippen LogP contribution in [0, 0.1) is 0 Å². The Morgan fingerprint density at radius 2 is 2.12 bits per heavy atom. The minimum atomic E-state index is -3.62. The molecule has 25 heavy (non-hydrogen) atoms. The third kappa shape index (κ3) is 6.24. The van der Waals surface area contributed by atoms with E-state index in [1.165, 1.54) is 11.3 Å². The Morgan fingerprint density at radius 3 is 2.72 bits per heavy atom. The van der Waals surface area contributed by atoms with Crippen LogP contribution >= 0.6 is 39.0 Å². The SMILES string of the molecule is CC(C)Sc1nnc(NC(=O)CN(c2cccc(Br)c2)S(C)(=O)=O)s1. The van der Waals surface area contributed by atoms with Gasteiger partial charge in [-0.2, -0.15) is 0 Å². The Hall–Kier alpha value is -1.17. The Bertz CT molecular complexity index is 855. The number of sulfonamides is 1. The van der Waals surface area contributed by atoms with E-state index in [0.29, 0.717) is 16.1 Å². The highest BCUT2D eigenvalue weighted by molar-refractivity contribution is 9.10. The molecule has 11 heteroatoms. The third-order valence-electron chi connectivity index (χ3n) is 2.77. The predicted molar refractivity (Wildman–Crippen MR) is 106 cm³/mol. The smallest absolute Gasteiger partial charge is 0.246 e. The van der Waals surface area contributed by atoms with Gasteiger partial charge in [0.05, 0.1) is 11.9 Å². The quantitative estimate of drug-likeness (QED) is 0.499. The van der Waals surface area contributed by atoms with Gasteiger partial charge in [0.25, 0.3) is 0 Å². The zero-order chi connectivity index (χ0) is 18.6. The first-order chi connectivity index (χ1) is 11.6. The van der Waals surface area contributed by atoms with Gasteiger partial charge in [-0.25, -0.2) is 8.42 Å². The summed E-state index contributed by atoms with van der Waals surface area (Å²) in [5.41, 5.74) is 0.403. The van der Waals surface area contributed by atoms with E-state index in [9.17, 15) is 13.2 Å². The first-order valence-electron chi connectivity index (χ1n) is 7.18. The molecule has 0 fully saturated rings. The van der Waals surface area contributed by atoms with Gasteiger partial charge in [0.15, 0.2) is 4.34 Å². The lowest BCUT2D eigenvalue weighted by atomic mass is 10.3. The van der Waals surface area contributed by atoms with Gasteiger partial charge in [-0.05, 0) is 18.2 Å². The fourth-order valence-corrected chi connectivity index (χ4v) is 5.06. The summed E-state index contributed by atoms with van der Waals surface area (Å²) >= 11 is 6.10. The molecular weight excluding hydrogens is 448 g/mol. The van der Waals surface area contributed by atoms with Crippen molar-refractivity contribution in [3.8, 4) is 0 Å². The van der Waals surface area contributed by atoms with E-state index in [1.807, 2.05) is 13.8 Å². The molecule has 1 aromatic carbocycles. The van der Waals surface area contributed by atoms with Crippen molar-refractivity contribution in [2.24, 2.45) is 0 Å². The summed E-state index contributed by atoms with van der Waals surface area (Å²) in [5, 5.41) is 11.2.